The van der Waals surface area contributed by atoms with Crippen molar-refractivity contribution in [2.24, 2.45) is 7.05 Å². The number of alkyl carbamates (subject to hydrolysis) is 1. The minimum Gasteiger partial charge on any atom is -0.444 e. The van der Waals surface area contributed by atoms with E-state index in [9.17, 15) is 4.79 Å². The fourth-order valence-electron chi connectivity index (χ4n) is 3.18. The lowest BCUT2D eigenvalue weighted by Gasteiger charge is -2.25. The van der Waals surface area contributed by atoms with Gasteiger partial charge in [0.25, 0.3) is 0 Å². The average Bonchev–Trinajstić information content (AvgIpc) is 3.11. The zero-order valence-corrected chi connectivity index (χ0v) is 17.2. The molecular weight excluding hydrogens is 400 g/mol. The number of aromatic nitrogens is 3. The highest BCUT2D eigenvalue weighted by molar-refractivity contribution is 9.10. The molecule has 3 rings (SSSR count). The van der Waals surface area contributed by atoms with E-state index in [2.05, 4.69) is 31.6 Å². The highest BCUT2D eigenvalue weighted by atomic mass is 79.9. The maximum atomic E-state index is 12.0. The van der Waals surface area contributed by atoms with Crippen molar-refractivity contribution >= 4 is 33.1 Å². The number of amides is 1. The van der Waals surface area contributed by atoms with Gasteiger partial charge < -0.3 is 14.8 Å². The Balaban J connectivity index is 1.61. The lowest BCUT2D eigenvalue weighted by Crippen LogP contribution is -2.43. The summed E-state index contributed by atoms with van der Waals surface area (Å²) in [6, 6.07) is 4.02. The van der Waals surface area contributed by atoms with E-state index in [4.69, 9.17) is 9.47 Å². The second kappa shape index (κ2) is 7.52. The summed E-state index contributed by atoms with van der Waals surface area (Å²) >= 11 is 3.54. The lowest BCUT2D eigenvalue weighted by molar-refractivity contribution is 0.0166. The van der Waals surface area contributed by atoms with Gasteiger partial charge in [-0.15, -0.1) is 5.10 Å². The fourth-order valence-corrected chi connectivity index (χ4v) is 3.76. The van der Waals surface area contributed by atoms with Gasteiger partial charge in [-0.2, -0.15) is 0 Å². The summed E-state index contributed by atoms with van der Waals surface area (Å²) in [5, 5.41) is 11.1. The van der Waals surface area contributed by atoms with E-state index >= 15 is 0 Å². The normalized spacial score (nSPS) is 20.5. The summed E-state index contributed by atoms with van der Waals surface area (Å²) in [6.45, 7) is 6.04. The van der Waals surface area contributed by atoms with E-state index in [1.165, 1.54) is 0 Å². The van der Waals surface area contributed by atoms with Gasteiger partial charge in [-0.25, -0.2) is 9.48 Å². The van der Waals surface area contributed by atoms with E-state index in [0.717, 1.165) is 40.3 Å². The Morgan fingerprint density at radius 1 is 1.38 bits per heavy atom. The minimum absolute atomic E-state index is 0.0124. The van der Waals surface area contributed by atoms with Gasteiger partial charge in [0.2, 0.25) is 0 Å². The SMILES string of the molecule is Cn1nnc2c(Br)cc(CO[C@@H]3CCC[C@H]3NC(=O)OC(C)(C)C)cc21. The molecule has 1 N–H and O–H groups in total. The molecule has 1 aliphatic carbocycles. The van der Waals surface area contributed by atoms with Crippen molar-refractivity contribution in [3.63, 3.8) is 0 Å². The molecule has 1 fully saturated rings. The third kappa shape index (κ3) is 4.54. The number of fused-ring (bicyclic) bond motifs is 1. The van der Waals surface area contributed by atoms with Crippen LogP contribution in [0.1, 0.15) is 45.6 Å². The Labute approximate surface area is 161 Å². The maximum Gasteiger partial charge on any atom is 0.407 e. The van der Waals surface area contributed by atoms with E-state index in [0.29, 0.717) is 6.61 Å². The molecule has 0 bridgehead atoms. The first kappa shape index (κ1) is 19.1. The quantitative estimate of drug-likeness (QED) is 0.809. The average molecular weight is 425 g/mol. The van der Waals surface area contributed by atoms with E-state index in [1.54, 1.807) is 4.68 Å². The van der Waals surface area contributed by atoms with Crippen molar-refractivity contribution in [1.29, 1.82) is 0 Å². The monoisotopic (exact) mass is 424 g/mol. The first-order valence-electron chi connectivity index (χ1n) is 8.82. The number of hydrogen-bond acceptors (Lipinski definition) is 5. The Morgan fingerprint density at radius 3 is 2.88 bits per heavy atom. The van der Waals surface area contributed by atoms with Gasteiger partial charge >= 0.3 is 6.09 Å². The molecule has 1 amide bonds. The highest BCUT2D eigenvalue weighted by Gasteiger charge is 2.31. The standard InChI is InChI=1S/C18H25BrN4O3/c1-18(2,3)26-17(24)20-13-6-5-7-15(13)25-10-11-8-12(19)16-14(9-11)23(4)22-21-16/h8-9,13,15H,5-7,10H2,1-4H3,(H,20,24)/t13-,15-/m1/s1. The number of carbonyl (C=O) groups is 1. The van der Waals surface area contributed by atoms with Gasteiger partial charge in [0, 0.05) is 11.5 Å². The molecule has 0 unspecified atom stereocenters. The van der Waals surface area contributed by atoms with Crippen LogP contribution in [0.3, 0.4) is 0 Å². The van der Waals surface area contributed by atoms with Gasteiger partial charge in [0.1, 0.15) is 11.1 Å². The van der Waals surface area contributed by atoms with Crippen LogP contribution in [0, 0.1) is 0 Å². The van der Waals surface area contributed by atoms with Crippen LogP contribution in [0.15, 0.2) is 16.6 Å². The first-order chi connectivity index (χ1) is 12.2. The summed E-state index contributed by atoms with van der Waals surface area (Å²) < 4.78 is 14.1. The van der Waals surface area contributed by atoms with Crippen molar-refractivity contribution in [2.75, 3.05) is 0 Å². The molecule has 1 aromatic carbocycles. The number of nitrogens with zero attached hydrogens (tertiary/aromatic N) is 3. The van der Waals surface area contributed by atoms with E-state index in [1.807, 2.05) is 40.0 Å². The first-order valence-corrected chi connectivity index (χ1v) is 9.61. The van der Waals surface area contributed by atoms with Gasteiger partial charge in [-0.05, 0) is 73.7 Å². The zero-order chi connectivity index (χ0) is 18.9. The van der Waals surface area contributed by atoms with Crippen LogP contribution in [-0.4, -0.2) is 38.8 Å². The molecule has 1 aromatic heterocycles. The summed E-state index contributed by atoms with van der Waals surface area (Å²) in [4.78, 5) is 12.0. The van der Waals surface area contributed by atoms with Crippen LogP contribution in [0.4, 0.5) is 4.79 Å². The molecule has 0 saturated heterocycles. The molecule has 1 saturated carbocycles. The molecule has 142 valence electrons. The molecule has 0 radical (unpaired) electrons. The molecule has 8 heteroatoms. The molecular formula is C18H25BrN4O3. The van der Waals surface area contributed by atoms with Gasteiger partial charge in [0.05, 0.1) is 24.3 Å². The Bertz CT molecular complexity index is 800. The lowest BCUT2D eigenvalue weighted by atomic mass is 10.2. The molecule has 1 heterocycles. The Morgan fingerprint density at radius 2 is 2.15 bits per heavy atom. The summed E-state index contributed by atoms with van der Waals surface area (Å²) in [6.07, 6.45) is 2.46. The molecule has 0 spiro atoms. The number of nitrogens with one attached hydrogen (secondary N) is 1. The molecule has 7 nitrogen and oxygen atoms in total. The van der Waals surface area contributed by atoms with Crippen molar-refractivity contribution in [3.05, 3.63) is 22.2 Å². The maximum absolute atomic E-state index is 12.0. The third-order valence-electron chi connectivity index (χ3n) is 4.35. The van der Waals surface area contributed by atoms with Gasteiger partial charge in [-0.1, -0.05) is 5.21 Å². The van der Waals surface area contributed by atoms with Gasteiger partial charge in [0.15, 0.2) is 0 Å². The van der Waals surface area contributed by atoms with Gasteiger partial charge in [-0.3, -0.25) is 0 Å². The van der Waals surface area contributed by atoms with Crippen LogP contribution in [0.2, 0.25) is 0 Å². The summed E-state index contributed by atoms with van der Waals surface area (Å²) in [5.74, 6) is 0. The molecule has 2 aromatic rings. The second-order valence-corrected chi connectivity index (χ2v) is 8.55. The number of benzene rings is 1. The predicted molar refractivity (Wildman–Crippen MR) is 102 cm³/mol. The molecule has 2 atom stereocenters. The van der Waals surface area contributed by atoms with Crippen LogP contribution < -0.4 is 5.32 Å². The number of carbonyl (C=O) groups excluding carboxylic acids is 1. The largest absolute Gasteiger partial charge is 0.444 e. The number of hydrogen-bond donors (Lipinski definition) is 1. The summed E-state index contributed by atoms with van der Waals surface area (Å²) in [7, 11) is 1.87. The van der Waals surface area contributed by atoms with Crippen molar-refractivity contribution in [1.82, 2.24) is 20.3 Å². The van der Waals surface area contributed by atoms with E-state index < -0.39 is 5.60 Å². The third-order valence-corrected chi connectivity index (χ3v) is 4.95. The molecule has 26 heavy (non-hydrogen) atoms. The number of halogens is 1. The van der Waals surface area contributed by atoms with Crippen molar-refractivity contribution in [3.8, 4) is 0 Å². The number of ether oxygens (including phenoxy) is 2. The topological polar surface area (TPSA) is 78.3 Å². The van der Waals surface area contributed by atoms with Crippen LogP contribution >= 0.6 is 15.9 Å². The molecule has 0 aliphatic heterocycles. The second-order valence-electron chi connectivity index (χ2n) is 7.69. The number of rotatable bonds is 4. The van der Waals surface area contributed by atoms with Crippen LogP contribution in [-0.2, 0) is 23.1 Å². The van der Waals surface area contributed by atoms with Crippen molar-refractivity contribution in [2.45, 2.75) is 64.4 Å². The Hall–Kier alpha value is -1.67. The predicted octanol–water partition coefficient (Wildman–Crippen LogP) is 3.69. The Kier molecular flexibility index (Phi) is 5.53. The van der Waals surface area contributed by atoms with Crippen molar-refractivity contribution < 1.29 is 14.3 Å². The fraction of sp³-hybridized carbons (Fsp3) is 0.611. The van der Waals surface area contributed by atoms with E-state index in [-0.39, 0.29) is 18.2 Å². The smallest absolute Gasteiger partial charge is 0.407 e. The van der Waals surface area contributed by atoms with Crippen LogP contribution in [0.5, 0.6) is 0 Å². The zero-order valence-electron chi connectivity index (χ0n) is 15.6. The number of aryl methyl sites for hydroxylation is 1. The molecule has 1 aliphatic rings. The highest BCUT2D eigenvalue weighted by Crippen LogP contribution is 2.27. The minimum atomic E-state index is -0.502. The summed E-state index contributed by atoms with van der Waals surface area (Å²) in [5.41, 5.74) is 2.32. The van der Waals surface area contributed by atoms with Crippen LogP contribution in [0.25, 0.3) is 11.0 Å².